The number of hydrogen-bond donors (Lipinski definition) is 2. The van der Waals surface area contributed by atoms with Gasteiger partial charge in [-0.15, -0.1) is 0 Å². The molecule has 0 unspecified atom stereocenters. The number of aliphatic carboxylic acids is 1. The van der Waals surface area contributed by atoms with Gasteiger partial charge in [0.1, 0.15) is 0 Å². The zero-order valence-electron chi connectivity index (χ0n) is 11.1. The largest absolute Gasteiger partial charge is 0.481 e. The molecule has 4 nitrogen and oxygen atoms in total. The maximum Gasteiger partial charge on any atom is 0.303 e. The van der Waals surface area contributed by atoms with Gasteiger partial charge in [-0.1, -0.05) is 29.8 Å². The molecule has 0 bridgehead atoms. The molecular weight excluding hydrogens is 278 g/mol. The monoisotopic (exact) mass is 295 g/mol. The van der Waals surface area contributed by atoms with Crippen molar-refractivity contribution in [3.8, 4) is 0 Å². The predicted octanol–water partition coefficient (Wildman–Crippen LogP) is 2.81. The molecule has 1 aromatic rings. The van der Waals surface area contributed by atoms with E-state index in [1.54, 1.807) is 0 Å². The summed E-state index contributed by atoms with van der Waals surface area (Å²) in [6.07, 6.45) is 2.28. The van der Waals surface area contributed by atoms with Crippen molar-refractivity contribution < 1.29 is 14.7 Å². The highest BCUT2D eigenvalue weighted by Crippen LogP contribution is 2.49. The van der Waals surface area contributed by atoms with E-state index in [1.165, 1.54) is 0 Å². The molecule has 2 rings (SSSR count). The summed E-state index contributed by atoms with van der Waals surface area (Å²) in [7, 11) is 0. The summed E-state index contributed by atoms with van der Waals surface area (Å²) in [5.41, 5.74) is 1.04. The van der Waals surface area contributed by atoms with Crippen molar-refractivity contribution in [3.05, 3.63) is 34.9 Å². The summed E-state index contributed by atoms with van der Waals surface area (Å²) in [6.45, 7) is 0.540. The first-order chi connectivity index (χ1) is 9.59. The summed E-state index contributed by atoms with van der Waals surface area (Å²) in [5.74, 6) is -0.514. The molecule has 0 heterocycles. The van der Waals surface area contributed by atoms with Crippen LogP contribution in [0.5, 0.6) is 0 Å². The van der Waals surface area contributed by atoms with Crippen LogP contribution in [0, 0.1) is 5.92 Å². The summed E-state index contributed by atoms with van der Waals surface area (Å²) in [6, 6.07) is 7.62. The molecule has 1 fully saturated rings. The number of halogens is 1. The summed E-state index contributed by atoms with van der Waals surface area (Å²) < 4.78 is 0. The fourth-order valence-corrected chi connectivity index (χ4v) is 2.62. The molecule has 0 spiro atoms. The van der Waals surface area contributed by atoms with E-state index in [4.69, 9.17) is 16.7 Å². The Morgan fingerprint density at radius 2 is 2.05 bits per heavy atom. The van der Waals surface area contributed by atoms with E-state index in [0.29, 0.717) is 24.4 Å². The van der Waals surface area contributed by atoms with Gasteiger partial charge < -0.3 is 10.4 Å². The molecule has 0 aliphatic heterocycles. The fraction of sp³-hybridized carbons (Fsp3) is 0.467. The van der Waals surface area contributed by atoms with Crippen molar-refractivity contribution in [3.63, 3.8) is 0 Å². The number of carboxylic acid groups (broad SMARTS) is 1. The van der Waals surface area contributed by atoms with Gasteiger partial charge in [0.2, 0.25) is 5.91 Å². The normalized spacial score (nSPS) is 20.4. The van der Waals surface area contributed by atoms with Gasteiger partial charge in [0.15, 0.2) is 0 Å². The number of carboxylic acids is 1. The number of carbonyl (C=O) groups is 2. The van der Waals surface area contributed by atoms with Crippen LogP contribution in [0.4, 0.5) is 0 Å². The number of carbonyl (C=O) groups excluding carboxylic acids is 1. The molecule has 0 radical (unpaired) electrons. The first-order valence-electron chi connectivity index (χ1n) is 6.83. The SMILES string of the molecule is O=C(O)CCCCNC(=O)[C@H]1C[C@@H]1c1ccccc1Cl. The van der Waals surface area contributed by atoms with Gasteiger partial charge in [-0.2, -0.15) is 0 Å². The molecular formula is C15H18ClNO3. The van der Waals surface area contributed by atoms with E-state index in [-0.39, 0.29) is 24.2 Å². The van der Waals surface area contributed by atoms with Gasteiger partial charge in [0.25, 0.3) is 0 Å². The van der Waals surface area contributed by atoms with Crippen LogP contribution < -0.4 is 5.32 Å². The Kier molecular flexibility index (Phi) is 5.01. The van der Waals surface area contributed by atoms with Gasteiger partial charge in [0.05, 0.1) is 0 Å². The molecule has 2 N–H and O–H groups in total. The zero-order chi connectivity index (χ0) is 14.5. The minimum Gasteiger partial charge on any atom is -0.481 e. The van der Waals surface area contributed by atoms with Crippen LogP contribution in [0.1, 0.15) is 37.2 Å². The first-order valence-corrected chi connectivity index (χ1v) is 7.21. The smallest absolute Gasteiger partial charge is 0.303 e. The number of unbranched alkanes of at least 4 members (excludes halogenated alkanes) is 1. The number of amides is 1. The second-order valence-corrected chi connectivity index (χ2v) is 5.52. The lowest BCUT2D eigenvalue weighted by Gasteiger charge is -2.05. The minimum absolute atomic E-state index is 0.00868. The maximum absolute atomic E-state index is 11.9. The van der Waals surface area contributed by atoms with Crippen molar-refractivity contribution in [2.24, 2.45) is 5.92 Å². The van der Waals surface area contributed by atoms with Gasteiger partial charge in [-0.05, 0) is 36.8 Å². The fourth-order valence-electron chi connectivity index (χ4n) is 2.35. The van der Waals surface area contributed by atoms with Crippen LogP contribution in [0.25, 0.3) is 0 Å². The highest BCUT2D eigenvalue weighted by Gasteiger charge is 2.44. The molecule has 0 aromatic heterocycles. The number of benzene rings is 1. The highest BCUT2D eigenvalue weighted by molar-refractivity contribution is 6.31. The molecule has 108 valence electrons. The van der Waals surface area contributed by atoms with Gasteiger partial charge >= 0.3 is 5.97 Å². The van der Waals surface area contributed by atoms with Crippen LogP contribution in [-0.2, 0) is 9.59 Å². The summed E-state index contributed by atoms with van der Waals surface area (Å²) >= 11 is 6.12. The van der Waals surface area contributed by atoms with Crippen LogP contribution in [0.2, 0.25) is 5.02 Å². The lowest BCUT2D eigenvalue weighted by atomic mass is 10.1. The molecule has 5 heteroatoms. The second-order valence-electron chi connectivity index (χ2n) is 5.11. The molecule has 20 heavy (non-hydrogen) atoms. The Morgan fingerprint density at radius 1 is 1.30 bits per heavy atom. The lowest BCUT2D eigenvalue weighted by Crippen LogP contribution is -2.26. The van der Waals surface area contributed by atoms with E-state index < -0.39 is 5.97 Å². The maximum atomic E-state index is 11.9. The van der Waals surface area contributed by atoms with E-state index >= 15 is 0 Å². The topological polar surface area (TPSA) is 66.4 Å². The Labute approximate surface area is 123 Å². The van der Waals surface area contributed by atoms with Crippen molar-refractivity contribution in [1.29, 1.82) is 0 Å². The molecule has 0 saturated heterocycles. The van der Waals surface area contributed by atoms with Crippen LogP contribution in [0.15, 0.2) is 24.3 Å². The predicted molar refractivity (Wildman–Crippen MR) is 76.8 cm³/mol. The summed E-state index contributed by atoms with van der Waals surface area (Å²) in [5, 5.41) is 12.1. The zero-order valence-corrected chi connectivity index (χ0v) is 11.9. The molecule has 1 aliphatic rings. The lowest BCUT2D eigenvalue weighted by molar-refractivity contribution is -0.137. The van der Waals surface area contributed by atoms with Crippen molar-refractivity contribution >= 4 is 23.5 Å². The minimum atomic E-state index is -0.794. The third-order valence-corrected chi connectivity index (χ3v) is 3.89. The molecule has 1 amide bonds. The van der Waals surface area contributed by atoms with Crippen molar-refractivity contribution in [2.75, 3.05) is 6.54 Å². The Hall–Kier alpha value is -1.55. The van der Waals surface area contributed by atoms with Gasteiger partial charge in [-0.25, -0.2) is 0 Å². The quantitative estimate of drug-likeness (QED) is 0.760. The third kappa shape index (κ3) is 3.97. The van der Waals surface area contributed by atoms with Crippen molar-refractivity contribution in [1.82, 2.24) is 5.32 Å². The standard InChI is InChI=1S/C15H18ClNO3/c16-13-6-2-1-5-10(13)11-9-12(11)15(20)17-8-4-3-7-14(18)19/h1-2,5-6,11-12H,3-4,7-9H2,(H,17,20)(H,18,19)/t11-,12+/m1/s1. The number of nitrogens with one attached hydrogen (secondary N) is 1. The van der Waals surface area contributed by atoms with E-state index in [9.17, 15) is 9.59 Å². The average Bonchev–Trinajstić information content (AvgIpc) is 3.18. The highest BCUT2D eigenvalue weighted by atomic mass is 35.5. The van der Waals surface area contributed by atoms with Crippen molar-refractivity contribution in [2.45, 2.75) is 31.6 Å². The molecule has 2 atom stereocenters. The molecule has 1 saturated carbocycles. The van der Waals surface area contributed by atoms with E-state index in [0.717, 1.165) is 12.0 Å². The molecule has 1 aromatic carbocycles. The number of rotatable bonds is 7. The molecule has 1 aliphatic carbocycles. The second kappa shape index (κ2) is 6.75. The Bertz CT molecular complexity index is 504. The van der Waals surface area contributed by atoms with E-state index in [2.05, 4.69) is 5.32 Å². The first kappa shape index (κ1) is 14.9. The Balaban J connectivity index is 1.71. The van der Waals surface area contributed by atoms with Crippen LogP contribution in [0.3, 0.4) is 0 Å². The van der Waals surface area contributed by atoms with Crippen LogP contribution in [-0.4, -0.2) is 23.5 Å². The van der Waals surface area contributed by atoms with Gasteiger partial charge in [0, 0.05) is 23.9 Å². The van der Waals surface area contributed by atoms with E-state index in [1.807, 2.05) is 24.3 Å². The third-order valence-electron chi connectivity index (χ3n) is 3.55. The summed E-state index contributed by atoms with van der Waals surface area (Å²) in [4.78, 5) is 22.3. The van der Waals surface area contributed by atoms with Gasteiger partial charge in [-0.3, -0.25) is 9.59 Å². The van der Waals surface area contributed by atoms with Crippen LogP contribution >= 0.6 is 11.6 Å². The average molecular weight is 296 g/mol. The Morgan fingerprint density at radius 3 is 2.75 bits per heavy atom. The number of hydrogen-bond acceptors (Lipinski definition) is 2.